The first-order chi connectivity index (χ1) is 14.1. The van der Waals surface area contributed by atoms with Crippen LogP contribution in [-0.2, 0) is 17.8 Å². The summed E-state index contributed by atoms with van der Waals surface area (Å²) < 4.78 is 6.75. The Kier molecular flexibility index (Phi) is 7.19. The first kappa shape index (κ1) is 20.8. The van der Waals surface area contributed by atoms with Crippen molar-refractivity contribution in [2.75, 3.05) is 16.9 Å². The molecule has 0 aliphatic heterocycles. The van der Waals surface area contributed by atoms with Crippen LogP contribution in [0.1, 0.15) is 18.3 Å². The van der Waals surface area contributed by atoms with Gasteiger partial charge in [0.1, 0.15) is 12.4 Å². The maximum Gasteiger partial charge on any atom is 0.429 e. The van der Waals surface area contributed by atoms with Crippen molar-refractivity contribution in [3.63, 3.8) is 0 Å². The van der Waals surface area contributed by atoms with Gasteiger partial charge in [0, 0.05) is 23.4 Å². The highest BCUT2D eigenvalue weighted by atomic mass is 79.9. The van der Waals surface area contributed by atoms with Gasteiger partial charge in [-0.05, 0) is 5.56 Å². The Hall–Kier alpha value is -2.93. The molecule has 2 aromatic carbocycles. The van der Waals surface area contributed by atoms with E-state index in [1.165, 1.54) is 15.8 Å². The number of aryl methyl sites for hydroxylation is 1. The van der Waals surface area contributed by atoms with Crippen LogP contribution in [0.3, 0.4) is 0 Å². The molecule has 150 valence electrons. The second kappa shape index (κ2) is 10.0. The monoisotopic (exact) mass is 455 g/mol. The fourth-order valence-electron chi connectivity index (χ4n) is 2.91. The summed E-state index contributed by atoms with van der Waals surface area (Å²) in [5.41, 5.74) is 1.99. The highest BCUT2D eigenvalue weighted by Gasteiger charge is 2.22. The standard InChI is InChI=1S/C22H22BrN3O3/c1-2-20-24-19(18-11-7-4-8-12-18)15-21(27)26(20)25(14-13-23)22(28)29-16-17-9-5-3-6-10-17/h3-12,15H,2,13-14,16H2,1H3. The number of alkyl halides is 1. The Balaban J connectivity index is 1.91. The lowest BCUT2D eigenvalue weighted by molar-refractivity contribution is 0.140. The van der Waals surface area contributed by atoms with Crippen LogP contribution in [-0.4, -0.2) is 27.6 Å². The highest BCUT2D eigenvalue weighted by molar-refractivity contribution is 9.09. The van der Waals surface area contributed by atoms with Crippen LogP contribution in [0.5, 0.6) is 0 Å². The van der Waals surface area contributed by atoms with Crippen molar-refractivity contribution in [1.82, 2.24) is 9.66 Å². The van der Waals surface area contributed by atoms with Crippen molar-refractivity contribution in [1.29, 1.82) is 0 Å². The van der Waals surface area contributed by atoms with Crippen molar-refractivity contribution < 1.29 is 9.53 Å². The minimum absolute atomic E-state index is 0.129. The highest BCUT2D eigenvalue weighted by Crippen LogP contribution is 2.15. The molecule has 29 heavy (non-hydrogen) atoms. The van der Waals surface area contributed by atoms with E-state index in [0.717, 1.165) is 11.1 Å². The number of hydrogen-bond donors (Lipinski definition) is 0. The van der Waals surface area contributed by atoms with Crippen molar-refractivity contribution >= 4 is 22.0 Å². The molecular formula is C22H22BrN3O3. The minimum atomic E-state index is -0.598. The predicted molar refractivity (Wildman–Crippen MR) is 117 cm³/mol. The van der Waals surface area contributed by atoms with Crippen molar-refractivity contribution in [3.05, 3.63) is 88.5 Å². The molecule has 0 unspecified atom stereocenters. The Morgan fingerprint density at radius 1 is 1.10 bits per heavy atom. The topological polar surface area (TPSA) is 64.4 Å². The van der Waals surface area contributed by atoms with Gasteiger partial charge in [0.15, 0.2) is 0 Å². The van der Waals surface area contributed by atoms with Gasteiger partial charge >= 0.3 is 6.09 Å². The van der Waals surface area contributed by atoms with Gasteiger partial charge in [0.2, 0.25) is 0 Å². The number of benzene rings is 2. The number of halogens is 1. The van der Waals surface area contributed by atoms with Crippen LogP contribution in [0.15, 0.2) is 71.5 Å². The van der Waals surface area contributed by atoms with Gasteiger partial charge in [-0.3, -0.25) is 4.79 Å². The summed E-state index contributed by atoms with van der Waals surface area (Å²) in [6, 6.07) is 20.4. The van der Waals surface area contributed by atoms with Crippen LogP contribution in [0, 0.1) is 0 Å². The third kappa shape index (κ3) is 5.12. The SMILES string of the molecule is CCc1nc(-c2ccccc2)cc(=O)n1N(CCBr)C(=O)OCc1ccccc1. The zero-order valence-electron chi connectivity index (χ0n) is 16.1. The van der Waals surface area contributed by atoms with E-state index in [4.69, 9.17) is 4.74 Å². The van der Waals surface area contributed by atoms with E-state index in [9.17, 15) is 9.59 Å². The molecule has 0 saturated carbocycles. The van der Waals surface area contributed by atoms with Crippen molar-refractivity contribution in [2.45, 2.75) is 20.0 Å². The molecule has 1 aromatic heterocycles. The lowest BCUT2D eigenvalue weighted by Gasteiger charge is -2.25. The van der Waals surface area contributed by atoms with Crippen LogP contribution < -0.4 is 10.6 Å². The maximum atomic E-state index is 12.9. The molecule has 1 amide bonds. The van der Waals surface area contributed by atoms with E-state index in [-0.39, 0.29) is 18.7 Å². The molecule has 1 heterocycles. The summed E-state index contributed by atoms with van der Waals surface area (Å²) in [5.74, 6) is 0.494. The number of amides is 1. The van der Waals surface area contributed by atoms with Gasteiger partial charge in [0.25, 0.3) is 5.56 Å². The average Bonchev–Trinajstić information content (AvgIpc) is 2.77. The fourth-order valence-corrected chi connectivity index (χ4v) is 3.25. The number of aromatic nitrogens is 2. The molecule has 0 aliphatic carbocycles. The molecule has 3 rings (SSSR count). The molecule has 0 fully saturated rings. The van der Waals surface area contributed by atoms with E-state index in [1.807, 2.05) is 67.6 Å². The number of rotatable bonds is 7. The third-order valence-corrected chi connectivity index (χ3v) is 4.66. The molecular weight excluding hydrogens is 434 g/mol. The second-order valence-corrected chi connectivity index (χ2v) is 7.07. The number of hydrogen-bond acceptors (Lipinski definition) is 4. The Bertz CT molecular complexity index is 1010. The zero-order chi connectivity index (χ0) is 20.6. The van der Waals surface area contributed by atoms with E-state index in [2.05, 4.69) is 20.9 Å². The predicted octanol–water partition coefficient (Wildman–Crippen LogP) is 4.14. The Morgan fingerprint density at radius 2 is 1.76 bits per heavy atom. The molecule has 0 radical (unpaired) electrons. The molecule has 6 nitrogen and oxygen atoms in total. The summed E-state index contributed by atoms with van der Waals surface area (Å²) in [4.78, 5) is 30.3. The molecule has 7 heteroatoms. The Morgan fingerprint density at radius 3 is 2.38 bits per heavy atom. The Labute approximate surface area is 177 Å². The molecule has 0 aliphatic rings. The average molecular weight is 456 g/mol. The van der Waals surface area contributed by atoms with E-state index in [1.54, 1.807) is 0 Å². The molecule has 0 atom stereocenters. The summed E-state index contributed by atoms with van der Waals surface area (Å²) >= 11 is 3.35. The fraction of sp³-hybridized carbons (Fsp3) is 0.227. The van der Waals surface area contributed by atoms with Gasteiger partial charge in [0.05, 0.1) is 12.2 Å². The molecule has 0 bridgehead atoms. The van der Waals surface area contributed by atoms with Crippen molar-refractivity contribution in [2.24, 2.45) is 0 Å². The van der Waals surface area contributed by atoms with E-state index < -0.39 is 6.09 Å². The summed E-state index contributed by atoms with van der Waals surface area (Å²) in [6.45, 7) is 2.30. The summed E-state index contributed by atoms with van der Waals surface area (Å²) in [7, 11) is 0. The zero-order valence-corrected chi connectivity index (χ0v) is 17.7. The minimum Gasteiger partial charge on any atom is -0.443 e. The first-order valence-corrected chi connectivity index (χ1v) is 10.5. The van der Waals surface area contributed by atoms with Crippen LogP contribution in [0.25, 0.3) is 11.3 Å². The second-order valence-electron chi connectivity index (χ2n) is 6.28. The van der Waals surface area contributed by atoms with Crippen LogP contribution in [0.2, 0.25) is 0 Å². The van der Waals surface area contributed by atoms with E-state index in [0.29, 0.717) is 23.3 Å². The first-order valence-electron chi connectivity index (χ1n) is 9.37. The normalized spacial score (nSPS) is 10.6. The number of ether oxygens (including phenoxy) is 1. The summed E-state index contributed by atoms with van der Waals surface area (Å²) in [5, 5.41) is 1.78. The molecule has 0 saturated heterocycles. The lowest BCUT2D eigenvalue weighted by Crippen LogP contribution is -2.49. The quantitative estimate of drug-likeness (QED) is 0.502. The van der Waals surface area contributed by atoms with Gasteiger partial charge in [-0.1, -0.05) is 83.5 Å². The van der Waals surface area contributed by atoms with E-state index >= 15 is 0 Å². The lowest BCUT2D eigenvalue weighted by atomic mass is 10.1. The van der Waals surface area contributed by atoms with Gasteiger partial charge < -0.3 is 4.74 Å². The van der Waals surface area contributed by atoms with Gasteiger partial charge in [-0.25, -0.2) is 14.8 Å². The van der Waals surface area contributed by atoms with Crippen molar-refractivity contribution in [3.8, 4) is 11.3 Å². The maximum absolute atomic E-state index is 12.9. The number of nitrogens with zero attached hydrogens (tertiary/aromatic N) is 3. The largest absolute Gasteiger partial charge is 0.443 e. The molecule has 0 spiro atoms. The van der Waals surface area contributed by atoms with Crippen LogP contribution in [0.4, 0.5) is 4.79 Å². The van der Waals surface area contributed by atoms with Gasteiger partial charge in [-0.2, -0.15) is 4.68 Å². The molecule has 3 aromatic rings. The summed E-state index contributed by atoms with van der Waals surface area (Å²) in [6.07, 6.45) is -0.111. The van der Waals surface area contributed by atoms with Crippen LogP contribution >= 0.6 is 15.9 Å². The van der Waals surface area contributed by atoms with Gasteiger partial charge in [-0.15, -0.1) is 0 Å². The number of carbonyl (C=O) groups excluding carboxylic acids is 1. The molecule has 0 N–H and O–H groups in total. The smallest absolute Gasteiger partial charge is 0.429 e. The third-order valence-electron chi connectivity index (χ3n) is 4.30. The number of carbonyl (C=O) groups is 1.